The molecule has 2 amide bonds. The van der Waals surface area contributed by atoms with Crippen LogP contribution < -0.4 is 15.0 Å². The quantitative estimate of drug-likeness (QED) is 0.260. The Morgan fingerprint density at radius 1 is 1.14 bits per heavy atom. The molecule has 2 aliphatic rings. The van der Waals surface area contributed by atoms with Crippen LogP contribution in [0.15, 0.2) is 71.3 Å². The molecular weight excluding hydrogens is 571 g/mol. The fourth-order valence-corrected chi connectivity index (χ4v) is 5.68. The molecule has 10 heteroatoms. The third kappa shape index (κ3) is 6.14. The second-order valence-electron chi connectivity index (χ2n) is 11.0. The second kappa shape index (κ2) is 12.2. The molecule has 0 bridgehead atoms. The van der Waals surface area contributed by atoms with Gasteiger partial charge in [-0.15, -0.1) is 0 Å². The minimum absolute atomic E-state index is 0.0552. The highest BCUT2D eigenvalue weighted by atomic mass is 35.5. The summed E-state index contributed by atoms with van der Waals surface area (Å²) in [6, 6.07) is 18.7. The van der Waals surface area contributed by atoms with Crippen LogP contribution in [0, 0.1) is 19.7 Å². The van der Waals surface area contributed by atoms with Gasteiger partial charge in [0.2, 0.25) is 11.8 Å². The monoisotopic (exact) mass is 602 g/mol. The maximum atomic E-state index is 14.3. The van der Waals surface area contributed by atoms with E-state index in [2.05, 4.69) is 36.5 Å². The van der Waals surface area contributed by atoms with E-state index in [4.69, 9.17) is 20.9 Å². The topological polar surface area (TPSA) is 87.9 Å². The van der Waals surface area contributed by atoms with E-state index in [0.29, 0.717) is 30.3 Å². The van der Waals surface area contributed by atoms with Crippen molar-refractivity contribution < 1.29 is 23.2 Å². The van der Waals surface area contributed by atoms with Crippen LogP contribution in [0.25, 0.3) is 11.3 Å². The molecule has 1 N–H and O–H groups in total. The van der Waals surface area contributed by atoms with Crippen LogP contribution >= 0.6 is 11.6 Å². The number of nitrogens with zero attached hydrogens (tertiary/aromatic N) is 3. The van der Waals surface area contributed by atoms with E-state index in [1.165, 1.54) is 23.3 Å². The minimum atomic E-state index is -0.656. The van der Waals surface area contributed by atoms with E-state index in [1.54, 1.807) is 41.3 Å². The van der Waals surface area contributed by atoms with Crippen LogP contribution in [0.2, 0.25) is 5.02 Å². The van der Waals surface area contributed by atoms with Crippen LogP contribution in [0.1, 0.15) is 35.3 Å². The third-order valence-corrected chi connectivity index (χ3v) is 8.40. The number of amides is 2. The maximum Gasteiger partial charge on any atom is 0.247 e. The summed E-state index contributed by atoms with van der Waals surface area (Å²) in [5, 5.41) is 7.29. The third-order valence-electron chi connectivity index (χ3n) is 8.08. The van der Waals surface area contributed by atoms with Crippen LogP contribution in [-0.4, -0.2) is 47.0 Å². The van der Waals surface area contributed by atoms with Crippen molar-refractivity contribution in [2.45, 2.75) is 51.9 Å². The Morgan fingerprint density at radius 3 is 2.65 bits per heavy atom. The van der Waals surface area contributed by atoms with E-state index in [0.717, 1.165) is 18.4 Å². The summed E-state index contributed by atoms with van der Waals surface area (Å²) in [4.78, 5) is 30.7. The van der Waals surface area contributed by atoms with Crippen molar-refractivity contribution in [2.24, 2.45) is 0 Å². The number of hydrogen-bond acceptors (Lipinski definition) is 6. The lowest BCUT2D eigenvalue weighted by molar-refractivity contribution is -0.136. The van der Waals surface area contributed by atoms with Crippen molar-refractivity contribution in [1.82, 2.24) is 15.4 Å². The van der Waals surface area contributed by atoms with E-state index in [9.17, 15) is 14.0 Å². The summed E-state index contributed by atoms with van der Waals surface area (Å²) in [5.41, 5.74) is 4.57. The Balaban J connectivity index is 1.15. The largest absolute Gasteiger partial charge is 0.486 e. The van der Waals surface area contributed by atoms with Crippen molar-refractivity contribution >= 4 is 29.1 Å². The molecule has 1 aromatic heterocycles. The molecule has 6 rings (SSSR count). The molecule has 2 fully saturated rings. The smallest absolute Gasteiger partial charge is 0.247 e. The van der Waals surface area contributed by atoms with Gasteiger partial charge in [-0.2, -0.15) is 0 Å². The first-order chi connectivity index (χ1) is 20.8. The van der Waals surface area contributed by atoms with E-state index in [-0.39, 0.29) is 47.3 Å². The Kier molecular flexibility index (Phi) is 8.19. The molecule has 1 aliphatic heterocycles. The normalized spacial score (nSPS) is 16.8. The molecule has 2 heterocycles. The lowest BCUT2D eigenvalue weighted by Crippen LogP contribution is -2.61. The number of piperazine rings is 1. The molecule has 43 heavy (non-hydrogen) atoms. The predicted octanol–water partition coefficient (Wildman–Crippen LogP) is 5.83. The summed E-state index contributed by atoms with van der Waals surface area (Å²) in [6.45, 7) is 5.27. The molecule has 4 aromatic rings. The van der Waals surface area contributed by atoms with Crippen molar-refractivity contribution in [2.75, 3.05) is 18.0 Å². The number of hydrogen-bond donors (Lipinski definition) is 1. The lowest BCUT2D eigenvalue weighted by Gasteiger charge is -2.38. The number of rotatable bonds is 9. The summed E-state index contributed by atoms with van der Waals surface area (Å²) in [7, 11) is 0. The van der Waals surface area contributed by atoms with Gasteiger partial charge in [0.15, 0.2) is 5.76 Å². The highest BCUT2D eigenvalue weighted by Gasteiger charge is 2.41. The summed E-state index contributed by atoms with van der Waals surface area (Å²) >= 11 is 6.14. The van der Waals surface area contributed by atoms with Gasteiger partial charge >= 0.3 is 0 Å². The summed E-state index contributed by atoms with van der Waals surface area (Å²) in [5.74, 6) is 0.215. The van der Waals surface area contributed by atoms with Gasteiger partial charge < -0.3 is 19.5 Å². The summed E-state index contributed by atoms with van der Waals surface area (Å²) in [6.07, 6.45) is 1.94. The molecule has 0 radical (unpaired) electrons. The van der Waals surface area contributed by atoms with Crippen LogP contribution in [0.4, 0.5) is 10.1 Å². The number of anilines is 1. The number of nitrogens with one attached hydrogen (secondary N) is 1. The van der Waals surface area contributed by atoms with Crippen LogP contribution in [0.5, 0.6) is 5.75 Å². The van der Waals surface area contributed by atoms with Gasteiger partial charge in [-0.25, -0.2) is 4.39 Å². The minimum Gasteiger partial charge on any atom is -0.486 e. The number of aromatic nitrogens is 1. The second-order valence-corrected chi connectivity index (χ2v) is 11.4. The zero-order valence-corrected chi connectivity index (χ0v) is 24.7. The van der Waals surface area contributed by atoms with Gasteiger partial charge in [0.25, 0.3) is 0 Å². The fourth-order valence-electron chi connectivity index (χ4n) is 5.42. The first kappa shape index (κ1) is 28.9. The van der Waals surface area contributed by atoms with Crippen molar-refractivity contribution in [3.05, 3.63) is 100 Å². The fraction of sp³-hybridized carbons (Fsp3) is 0.303. The molecule has 1 saturated carbocycles. The number of carbonyl (C=O) groups excluding carboxylic acids is 2. The summed E-state index contributed by atoms with van der Waals surface area (Å²) < 4.78 is 25.4. The Morgan fingerprint density at radius 2 is 1.91 bits per heavy atom. The zero-order chi connectivity index (χ0) is 30.1. The molecule has 0 spiro atoms. The van der Waals surface area contributed by atoms with Gasteiger partial charge in [-0.3, -0.25) is 14.5 Å². The van der Waals surface area contributed by atoms with Gasteiger partial charge in [0, 0.05) is 30.9 Å². The molecule has 8 nitrogen and oxygen atoms in total. The molecule has 3 aromatic carbocycles. The molecule has 222 valence electrons. The van der Waals surface area contributed by atoms with Gasteiger partial charge in [-0.05, 0) is 79.8 Å². The zero-order valence-electron chi connectivity index (χ0n) is 24.0. The maximum absolute atomic E-state index is 14.3. The number of carbonyl (C=O) groups is 2. The van der Waals surface area contributed by atoms with Gasteiger partial charge in [-0.1, -0.05) is 41.0 Å². The standard InChI is InChI=1S/C33H32ClFN4O4/c1-20-5-3-6-22(21(20)2)18-38(23-9-10-23)33(41)30-16-36-17-31(40)39(30)24-11-13-25(14-12-24)42-19-26-15-29(37-43-26)32-27(34)7-4-8-28(32)35/h3-8,11-15,23,30,36H,9-10,16-19H2,1-2H3/t30-/m1/s1. The van der Waals surface area contributed by atoms with Gasteiger partial charge in [0.05, 0.1) is 17.1 Å². The lowest BCUT2D eigenvalue weighted by atomic mass is 10.0. The average molecular weight is 603 g/mol. The number of benzene rings is 3. The highest BCUT2D eigenvalue weighted by molar-refractivity contribution is 6.33. The Bertz CT molecular complexity index is 1630. The highest BCUT2D eigenvalue weighted by Crippen LogP contribution is 2.33. The number of halogens is 2. The Hall–Kier alpha value is -4.21. The first-order valence-electron chi connectivity index (χ1n) is 14.3. The van der Waals surface area contributed by atoms with E-state index < -0.39 is 11.9 Å². The predicted molar refractivity (Wildman–Crippen MR) is 161 cm³/mol. The van der Waals surface area contributed by atoms with Crippen LogP contribution in [0.3, 0.4) is 0 Å². The SMILES string of the molecule is Cc1cccc(CN(C(=O)[C@H]2CNCC(=O)N2c2ccc(OCc3cc(-c4c(F)cccc4Cl)no3)cc2)C2CC2)c1C. The van der Waals surface area contributed by atoms with Gasteiger partial charge in [0.1, 0.15) is 29.9 Å². The van der Waals surface area contributed by atoms with E-state index in [1.807, 2.05) is 11.0 Å². The average Bonchev–Trinajstić information content (AvgIpc) is 3.74. The number of ether oxygens (including phenoxy) is 1. The van der Waals surface area contributed by atoms with Crippen molar-refractivity contribution in [1.29, 1.82) is 0 Å². The number of aryl methyl sites for hydroxylation is 1. The van der Waals surface area contributed by atoms with Crippen molar-refractivity contribution in [3.8, 4) is 17.0 Å². The molecule has 1 saturated heterocycles. The molecule has 1 atom stereocenters. The van der Waals surface area contributed by atoms with Crippen molar-refractivity contribution in [3.63, 3.8) is 0 Å². The van der Waals surface area contributed by atoms with Crippen LogP contribution in [-0.2, 0) is 22.7 Å². The first-order valence-corrected chi connectivity index (χ1v) is 14.7. The molecule has 0 unspecified atom stereocenters. The van der Waals surface area contributed by atoms with E-state index >= 15 is 0 Å². The molecule has 1 aliphatic carbocycles. The molecular formula is C33H32ClFN4O4. The Labute approximate surface area is 254 Å².